The van der Waals surface area contributed by atoms with Crippen molar-refractivity contribution in [2.45, 2.75) is 51.5 Å². The summed E-state index contributed by atoms with van der Waals surface area (Å²) < 4.78 is 11.2. The highest BCUT2D eigenvalue weighted by atomic mass is 16.6. The van der Waals surface area contributed by atoms with Crippen LogP contribution in [0.15, 0.2) is 24.3 Å². The van der Waals surface area contributed by atoms with Crippen molar-refractivity contribution in [3.8, 4) is 0 Å². The van der Waals surface area contributed by atoms with E-state index >= 15 is 0 Å². The number of carbonyl (C=O) groups is 1. The van der Waals surface area contributed by atoms with Gasteiger partial charge in [-0.1, -0.05) is 12.1 Å². The maximum Gasteiger partial charge on any atom is 0.338 e. The van der Waals surface area contributed by atoms with Crippen molar-refractivity contribution in [2.24, 2.45) is 5.73 Å². The molecule has 1 saturated heterocycles. The summed E-state index contributed by atoms with van der Waals surface area (Å²) in [5.41, 5.74) is 7.10. The Hall–Kier alpha value is -1.39. The summed E-state index contributed by atoms with van der Waals surface area (Å²) in [4.78, 5) is 12.0. The Morgan fingerprint density at radius 2 is 1.84 bits per heavy atom. The Labute approximate surface area is 113 Å². The first-order valence-electron chi connectivity index (χ1n) is 6.74. The van der Waals surface area contributed by atoms with Crippen molar-refractivity contribution < 1.29 is 14.3 Å². The summed E-state index contributed by atoms with van der Waals surface area (Å²) in [7, 11) is 0. The second-order valence-corrected chi connectivity index (χ2v) is 5.16. The summed E-state index contributed by atoms with van der Waals surface area (Å²) in [5, 5.41) is 0. The maximum atomic E-state index is 12.0. The highest BCUT2D eigenvalue weighted by Crippen LogP contribution is 2.22. The number of carbonyl (C=O) groups excluding carboxylic acids is 1. The number of nitrogens with two attached hydrogens (primary N) is 1. The van der Waals surface area contributed by atoms with Gasteiger partial charge in [-0.05, 0) is 31.5 Å². The quantitative estimate of drug-likeness (QED) is 0.850. The first kappa shape index (κ1) is 14.0. The largest absolute Gasteiger partial charge is 0.459 e. The summed E-state index contributed by atoms with van der Waals surface area (Å²) in [5.74, 6) is -0.269. The third-order valence-corrected chi connectivity index (χ3v) is 3.35. The van der Waals surface area contributed by atoms with Gasteiger partial charge in [-0.2, -0.15) is 0 Å². The van der Waals surface area contributed by atoms with Crippen molar-refractivity contribution in [3.63, 3.8) is 0 Å². The van der Waals surface area contributed by atoms with Crippen LogP contribution in [0.3, 0.4) is 0 Å². The van der Waals surface area contributed by atoms with E-state index < -0.39 is 0 Å². The SMILES string of the molecule is CC1CC(OC(=O)c2ccc(CN)cc2)CC(C)O1. The molecule has 19 heavy (non-hydrogen) atoms. The van der Waals surface area contributed by atoms with Gasteiger partial charge in [0.25, 0.3) is 0 Å². The van der Waals surface area contributed by atoms with E-state index in [-0.39, 0.29) is 24.3 Å². The molecule has 4 nitrogen and oxygen atoms in total. The molecule has 1 heterocycles. The van der Waals surface area contributed by atoms with E-state index in [4.69, 9.17) is 15.2 Å². The number of rotatable bonds is 3. The zero-order valence-electron chi connectivity index (χ0n) is 11.5. The van der Waals surface area contributed by atoms with Crippen LogP contribution in [-0.2, 0) is 16.0 Å². The molecule has 0 aromatic heterocycles. The second kappa shape index (κ2) is 6.17. The summed E-state index contributed by atoms with van der Waals surface area (Å²) >= 11 is 0. The van der Waals surface area contributed by atoms with Gasteiger partial charge < -0.3 is 15.2 Å². The van der Waals surface area contributed by atoms with Crippen LogP contribution in [0.2, 0.25) is 0 Å². The summed E-state index contributed by atoms with van der Waals surface area (Å²) in [6.07, 6.45) is 1.75. The molecule has 4 heteroatoms. The van der Waals surface area contributed by atoms with Gasteiger partial charge >= 0.3 is 5.97 Å². The van der Waals surface area contributed by atoms with Gasteiger partial charge in [-0.15, -0.1) is 0 Å². The van der Waals surface area contributed by atoms with Crippen LogP contribution in [0, 0.1) is 0 Å². The lowest BCUT2D eigenvalue weighted by Gasteiger charge is -2.31. The molecule has 0 amide bonds. The number of ether oxygens (including phenoxy) is 2. The van der Waals surface area contributed by atoms with Crippen molar-refractivity contribution in [3.05, 3.63) is 35.4 Å². The highest BCUT2D eigenvalue weighted by Gasteiger charge is 2.27. The molecule has 1 fully saturated rings. The molecule has 104 valence electrons. The number of esters is 1. The van der Waals surface area contributed by atoms with Crippen molar-refractivity contribution in [1.29, 1.82) is 0 Å². The maximum absolute atomic E-state index is 12.0. The molecule has 0 saturated carbocycles. The Morgan fingerprint density at radius 1 is 1.26 bits per heavy atom. The Balaban J connectivity index is 1.96. The Kier molecular flexibility index (Phi) is 4.56. The van der Waals surface area contributed by atoms with E-state index in [2.05, 4.69) is 0 Å². The first-order valence-corrected chi connectivity index (χ1v) is 6.74. The highest BCUT2D eigenvalue weighted by molar-refractivity contribution is 5.89. The van der Waals surface area contributed by atoms with Crippen LogP contribution in [0.1, 0.15) is 42.6 Å². The minimum Gasteiger partial charge on any atom is -0.459 e. The van der Waals surface area contributed by atoms with Crippen LogP contribution in [-0.4, -0.2) is 24.3 Å². The first-order chi connectivity index (χ1) is 9.08. The minimum absolute atomic E-state index is 0.0552. The van der Waals surface area contributed by atoms with Crippen LogP contribution in [0.5, 0.6) is 0 Å². The molecule has 2 N–H and O–H groups in total. The van der Waals surface area contributed by atoms with Gasteiger partial charge in [-0.3, -0.25) is 0 Å². The zero-order chi connectivity index (χ0) is 13.8. The average molecular weight is 263 g/mol. The summed E-state index contributed by atoms with van der Waals surface area (Å²) in [6, 6.07) is 7.23. The monoisotopic (exact) mass is 263 g/mol. The van der Waals surface area contributed by atoms with E-state index in [9.17, 15) is 4.79 Å². The van der Waals surface area contributed by atoms with E-state index in [1.165, 1.54) is 0 Å². The molecule has 2 atom stereocenters. The van der Waals surface area contributed by atoms with Gasteiger partial charge in [-0.25, -0.2) is 4.79 Å². The number of hydrogen-bond donors (Lipinski definition) is 1. The van der Waals surface area contributed by atoms with Gasteiger partial charge in [0.15, 0.2) is 0 Å². The third-order valence-electron chi connectivity index (χ3n) is 3.35. The molecule has 0 radical (unpaired) electrons. The summed E-state index contributed by atoms with van der Waals surface area (Å²) in [6.45, 7) is 4.49. The average Bonchev–Trinajstić information content (AvgIpc) is 2.37. The molecular formula is C15H21NO3. The molecule has 0 bridgehead atoms. The van der Waals surface area contributed by atoms with Gasteiger partial charge in [0.2, 0.25) is 0 Å². The van der Waals surface area contributed by atoms with Crippen LogP contribution in [0.25, 0.3) is 0 Å². The molecule has 1 aromatic rings. The standard InChI is InChI=1S/C15H21NO3/c1-10-7-14(8-11(2)18-10)19-15(17)13-5-3-12(9-16)4-6-13/h3-6,10-11,14H,7-9,16H2,1-2H3. The molecule has 2 unspecified atom stereocenters. The van der Waals surface area contributed by atoms with Crippen LogP contribution >= 0.6 is 0 Å². The fraction of sp³-hybridized carbons (Fsp3) is 0.533. The van der Waals surface area contributed by atoms with Crippen molar-refractivity contribution in [2.75, 3.05) is 0 Å². The number of hydrogen-bond acceptors (Lipinski definition) is 4. The molecule has 2 rings (SSSR count). The fourth-order valence-corrected chi connectivity index (χ4v) is 2.44. The van der Waals surface area contributed by atoms with Crippen LogP contribution < -0.4 is 5.73 Å². The van der Waals surface area contributed by atoms with E-state index in [0.717, 1.165) is 18.4 Å². The lowest BCUT2D eigenvalue weighted by molar-refractivity contribution is -0.0855. The lowest BCUT2D eigenvalue weighted by Crippen LogP contribution is -2.35. The van der Waals surface area contributed by atoms with Gasteiger partial charge in [0.1, 0.15) is 6.10 Å². The lowest BCUT2D eigenvalue weighted by atomic mass is 10.0. The van der Waals surface area contributed by atoms with Crippen LogP contribution in [0.4, 0.5) is 0 Å². The molecule has 0 spiro atoms. The zero-order valence-corrected chi connectivity index (χ0v) is 11.5. The van der Waals surface area contributed by atoms with E-state index in [0.29, 0.717) is 12.1 Å². The molecule has 1 aliphatic heterocycles. The van der Waals surface area contributed by atoms with Gasteiger partial charge in [0.05, 0.1) is 17.8 Å². The molecular weight excluding hydrogens is 242 g/mol. The smallest absolute Gasteiger partial charge is 0.338 e. The number of benzene rings is 1. The predicted octanol–water partition coefficient (Wildman–Crippen LogP) is 2.26. The van der Waals surface area contributed by atoms with E-state index in [1.807, 2.05) is 26.0 Å². The molecule has 1 aromatic carbocycles. The fourth-order valence-electron chi connectivity index (χ4n) is 2.44. The van der Waals surface area contributed by atoms with Gasteiger partial charge in [0, 0.05) is 19.4 Å². The minimum atomic E-state index is -0.269. The Morgan fingerprint density at radius 3 is 2.37 bits per heavy atom. The predicted molar refractivity (Wildman–Crippen MR) is 72.8 cm³/mol. The Bertz CT molecular complexity index is 420. The second-order valence-electron chi connectivity index (χ2n) is 5.16. The normalized spacial score (nSPS) is 27.0. The van der Waals surface area contributed by atoms with Crippen molar-refractivity contribution in [1.82, 2.24) is 0 Å². The van der Waals surface area contributed by atoms with Crippen molar-refractivity contribution >= 4 is 5.97 Å². The third kappa shape index (κ3) is 3.78. The topological polar surface area (TPSA) is 61.5 Å². The molecule has 1 aliphatic rings. The van der Waals surface area contributed by atoms with E-state index in [1.54, 1.807) is 12.1 Å². The molecule has 0 aliphatic carbocycles.